The van der Waals surface area contributed by atoms with Crippen molar-refractivity contribution < 1.29 is 9.15 Å². The maximum atomic E-state index is 6.11. The van der Waals surface area contributed by atoms with Crippen LogP contribution in [0.1, 0.15) is 29.5 Å². The molecule has 0 aromatic carbocycles. The van der Waals surface area contributed by atoms with Gasteiger partial charge in [0.2, 0.25) is 0 Å². The summed E-state index contributed by atoms with van der Waals surface area (Å²) in [7, 11) is 0. The van der Waals surface area contributed by atoms with E-state index in [-0.39, 0.29) is 6.04 Å². The molecule has 3 heteroatoms. The molecule has 1 aromatic rings. The molecule has 2 heterocycles. The zero-order valence-corrected chi connectivity index (χ0v) is 8.75. The average Bonchev–Trinajstić information content (AvgIpc) is 2.76. The van der Waals surface area contributed by atoms with Crippen molar-refractivity contribution in [1.29, 1.82) is 0 Å². The van der Waals surface area contributed by atoms with Crippen molar-refractivity contribution in [3.05, 3.63) is 23.2 Å². The highest BCUT2D eigenvalue weighted by Crippen LogP contribution is 2.28. The van der Waals surface area contributed by atoms with Crippen molar-refractivity contribution >= 4 is 0 Å². The molecular weight excluding hydrogens is 178 g/mol. The molecule has 2 unspecified atom stereocenters. The molecule has 1 saturated heterocycles. The van der Waals surface area contributed by atoms with E-state index in [4.69, 9.17) is 14.9 Å². The quantitative estimate of drug-likeness (QED) is 0.784. The zero-order chi connectivity index (χ0) is 10.1. The molecule has 2 atom stereocenters. The molecule has 0 radical (unpaired) electrons. The smallest absolute Gasteiger partial charge is 0.121 e. The van der Waals surface area contributed by atoms with Crippen LogP contribution in [0.25, 0.3) is 0 Å². The van der Waals surface area contributed by atoms with Gasteiger partial charge in [0.1, 0.15) is 11.5 Å². The summed E-state index contributed by atoms with van der Waals surface area (Å²) < 4.78 is 10.9. The second kappa shape index (κ2) is 3.75. The summed E-state index contributed by atoms with van der Waals surface area (Å²) in [6.45, 7) is 5.61. The van der Waals surface area contributed by atoms with E-state index < -0.39 is 0 Å². The number of hydrogen-bond acceptors (Lipinski definition) is 3. The van der Waals surface area contributed by atoms with Gasteiger partial charge in [0.25, 0.3) is 0 Å². The first-order valence-electron chi connectivity index (χ1n) is 5.08. The van der Waals surface area contributed by atoms with Gasteiger partial charge >= 0.3 is 0 Å². The van der Waals surface area contributed by atoms with E-state index in [1.165, 1.54) is 5.56 Å². The largest absolute Gasteiger partial charge is 0.464 e. The molecule has 0 spiro atoms. The highest BCUT2D eigenvalue weighted by atomic mass is 16.5. The van der Waals surface area contributed by atoms with Crippen LogP contribution in [0.3, 0.4) is 0 Å². The van der Waals surface area contributed by atoms with Crippen molar-refractivity contribution in [2.45, 2.75) is 26.3 Å². The Balaban J connectivity index is 2.13. The molecule has 2 N–H and O–H groups in total. The first kappa shape index (κ1) is 9.74. The highest BCUT2D eigenvalue weighted by molar-refractivity contribution is 5.21. The minimum absolute atomic E-state index is 0.00935. The summed E-state index contributed by atoms with van der Waals surface area (Å²) >= 11 is 0. The van der Waals surface area contributed by atoms with E-state index >= 15 is 0 Å². The molecule has 1 fully saturated rings. The van der Waals surface area contributed by atoms with Gasteiger partial charge in [-0.05, 0) is 31.9 Å². The summed E-state index contributed by atoms with van der Waals surface area (Å²) in [6, 6.07) is 2.03. The number of ether oxygens (including phenoxy) is 1. The second-order valence-corrected chi connectivity index (χ2v) is 4.04. The number of furan rings is 1. The Hall–Kier alpha value is -0.800. The second-order valence-electron chi connectivity index (χ2n) is 4.04. The van der Waals surface area contributed by atoms with Crippen molar-refractivity contribution in [1.82, 2.24) is 0 Å². The van der Waals surface area contributed by atoms with Crippen molar-refractivity contribution in [2.24, 2.45) is 11.7 Å². The van der Waals surface area contributed by atoms with Gasteiger partial charge in [0.05, 0.1) is 12.6 Å². The van der Waals surface area contributed by atoms with Gasteiger partial charge in [0.15, 0.2) is 0 Å². The van der Waals surface area contributed by atoms with Gasteiger partial charge in [0, 0.05) is 12.5 Å². The van der Waals surface area contributed by atoms with Crippen LogP contribution in [0.5, 0.6) is 0 Å². The Morgan fingerprint density at radius 2 is 2.29 bits per heavy atom. The van der Waals surface area contributed by atoms with E-state index in [9.17, 15) is 0 Å². The monoisotopic (exact) mass is 195 g/mol. The Morgan fingerprint density at radius 3 is 2.79 bits per heavy atom. The van der Waals surface area contributed by atoms with Crippen LogP contribution in [0.4, 0.5) is 0 Å². The van der Waals surface area contributed by atoms with Crippen LogP contribution >= 0.6 is 0 Å². The molecular formula is C11H17NO2. The van der Waals surface area contributed by atoms with Gasteiger partial charge in [-0.15, -0.1) is 0 Å². The van der Waals surface area contributed by atoms with Crippen LogP contribution in [-0.4, -0.2) is 13.2 Å². The third-order valence-corrected chi connectivity index (χ3v) is 2.99. The maximum Gasteiger partial charge on any atom is 0.121 e. The van der Waals surface area contributed by atoms with Crippen LogP contribution in [0.15, 0.2) is 10.5 Å². The Labute approximate surface area is 84.2 Å². The Kier molecular flexibility index (Phi) is 2.61. The molecule has 2 rings (SSSR count). The molecule has 14 heavy (non-hydrogen) atoms. The van der Waals surface area contributed by atoms with Gasteiger partial charge in [-0.2, -0.15) is 0 Å². The highest BCUT2D eigenvalue weighted by Gasteiger charge is 2.26. The fourth-order valence-electron chi connectivity index (χ4n) is 1.83. The van der Waals surface area contributed by atoms with E-state index in [1.807, 2.05) is 19.9 Å². The summed E-state index contributed by atoms with van der Waals surface area (Å²) in [4.78, 5) is 0. The molecule has 78 valence electrons. The average molecular weight is 195 g/mol. The van der Waals surface area contributed by atoms with E-state index in [1.54, 1.807) is 0 Å². The van der Waals surface area contributed by atoms with Gasteiger partial charge < -0.3 is 14.9 Å². The van der Waals surface area contributed by atoms with E-state index in [2.05, 4.69) is 0 Å². The molecule has 0 aliphatic carbocycles. The van der Waals surface area contributed by atoms with Gasteiger partial charge in [-0.25, -0.2) is 0 Å². The fraction of sp³-hybridized carbons (Fsp3) is 0.636. The molecule has 1 aromatic heterocycles. The van der Waals surface area contributed by atoms with Gasteiger partial charge in [-0.3, -0.25) is 0 Å². The topological polar surface area (TPSA) is 48.4 Å². The van der Waals surface area contributed by atoms with E-state index in [0.717, 1.165) is 31.2 Å². The van der Waals surface area contributed by atoms with E-state index in [0.29, 0.717) is 5.92 Å². The lowest BCUT2D eigenvalue weighted by Gasteiger charge is -2.14. The lowest BCUT2D eigenvalue weighted by molar-refractivity contribution is 0.178. The Morgan fingerprint density at radius 1 is 1.50 bits per heavy atom. The number of aryl methyl sites for hydroxylation is 2. The van der Waals surface area contributed by atoms with Crippen molar-refractivity contribution in [2.75, 3.05) is 13.2 Å². The third-order valence-electron chi connectivity index (χ3n) is 2.99. The predicted octanol–water partition coefficient (Wildman–Crippen LogP) is 1.93. The van der Waals surface area contributed by atoms with Crippen molar-refractivity contribution in [3.8, 4) is 0 Å². The SMILES string of the molecule is Cc1cc(C(N)C2CCOC2)oc1C. The molecule has 1 aliphatic rings. The molecule has 0 amide bonds. The lowest BCUT2D eigenvalue weighted by atomic mass is 9.98. The third kappa shape index (κ3) is 1.70. The molecule has 3 nitrogen and oxygen atoms in total. The van der Waals surface area contributed by atoms with Gasteiger partial charge in [-0.1, -0.05) is 0 Å². The summed E-state index contributed by atoms with van der Waals surface area (Å²) in [5.41, 5.74) is 7.28. The normalized spacial score (nSPS) is 24.1. The Bertz CT molecular complexity index is 294. The minimum Gasteiger partial charge on any atom is -0.464 e. The first-order valence-corrected chi connectivity index (χ1v) is 5.08. The fourth-order valence-corrected chi connectivity index (χ4v) is 1.83. The van der Waals surface area contributed by atoms with Crippen molar-refractivity contribution in [3.63, 3.8) is 0 Å². The number of rotatable bonds is 2. The maximum absolute atomic E-state index is 6.11. The first-order chi connectivity index (χ1) is 6.68. The number of nitrogens with two attached hydrogens (primary N) is 1. The van der Waals surface area contributed by atoms with Crippen LogP contribution in [0.2, 0.25) is 0 Å². The van der Waals surface area contributed by atoms with Crippen LogP contribution in [-0.2, 0) is 4.74 Å². The minimum atomic E-state index is -0.00935. The zero-order valence-electron chi connectivity index (χ0n) is 8.75. The summed E-state index contributed by atoms with van der Waals surface area (Å²) in [5, 5.41) is 0. The molecule has 0 saturated carbocycles. The number of hydrogen-bond donors (Lipinski definition) is 1. The molecule has 0 bridgehead atoms. The lowest BCUT2D eigenvalue weighted by Crippen LogP contribution is -2.20. The summed E-state index contributed by atoms with van der Waals surface area (Å²) in [6.07, 6.45) is 1.04. The van der Waals surface area contributed by atoms with Crippen LogP contribution < -0.4 is 5.73 Å². The van der Waals surface area contributed by atoms with Crippen LogP contribution in [0, 0.1) is 19.8 Å². The summed E-state index contributed by atoms with van der Waals surface area (Å²) in [5.74, 6) is 2.28. The molecule has 1 aliphatic heterocycles. The standard InChI is InChI=1S/C11H17NO2/c1-7-5-10(14-8(7)2)11(12)9-3-4-13-6-9/h5,9,11H,3-4,6,12H2,1-2H3. The predicted molar refractivity (Wildman–Crippen MR) is 54.0 cm³/mol.